The second-order valence-corrected chi connectivity index (χ2v) is 8.67. The third-order valence-corrected chi connectivity index (χ3v) is 6.22. The van der Waals surface area contributed by atoms with Crippen molar-refractivity contribution in [1.82, 2.24) is 19.8 Å². The first-order chi connectivity index (χ1) is 13.7. The molecule has 2 aliphatic heterocycles. The van der Waals surface area contributed by atoms with E-state index < -0.39 is 17.2 Å². The van der Waals surface area contributed by atoms with Gasteiger partial charge in [-0.05, 0) is 38.3 Å². The molecular formula is C21H28N4O4. The van der Waals surface area contributed by atoms with Gasteiger partial charge in [0, 0.05) is 32.6 Å². The molecule has 0 aromatic carbocycles. The van der Waals surface area contributed by atoms with E-state index in [2.05, 4.69) is 10.4 Å². The van der Waals surface area contributed by atoms with E-state index in [0.29, 0.717) is 37.9 Å². The van der Waals surface area contributed by atoms with Crippen molar-refractivity contribution in [1.29, 1.82) is 0 Å². The van der Waals surface area contributed by atoms with Crippen LogP contribution in [0.25, 0.3) is 5.52 Å². The van der Waals surface area contributed by atoms with Gasteiger partial charge in [-0.1, -0.05) is 6.07 Å². The lowest BCUT2D eigenvalue weighted by Crippen LogP contribution is -2.64. The minimum absolute atomic E-state index is 0.0302. The van der Waals surface area contributed by atoms with Gasteiger partial charge < -0.3 is 20.1 Å². The fourth-order valence-corrected chi connectivity index (χ4v) is 4.57. The molecule has 156 valence electrons. The summed E-state index contributed by atoms with van der Waals surface area (Å²) in [6.07, 6.45) is 5.27. The topological polar surface area (TPSA) is 96.2 Å². The van der Waals surface area contributed by atoms with Gasteiger partial charge in [0.2, 0.25) is 5.91 Å². The van der Waals surface area contributed by atoms with E-state index in [4.69, 9.17) is 4.74 Å². The highest BCUT2D eigenvalue weighted by molar-refractivity contribution is 6.00. The standard InChI is InChI=1S/C21H28N4O4/c1-14-4-5-17-16(10-22-25(17)11-14)19(27)24-8-6-21(7-9-24)13-20(3,28)18(12-29-21)23-15(2)26/h4-5,10-11,18,28H,6-9,12-13H2,1-3H3,(H,23,26)/t18-,20-/m0/s1. The van der Waals surface area contributed by atoms with E-state index in [-0.39, 0.29) is 18.4 Å². The van der Waals surface area contributed by atoms with Gasteiger partial charge in [0.1, 0.15) is 0 Å². The van der Waals surface area contributed by atoms with E-state index >= 15 is 0 Å². The maximum absolute atomic E-state index is 13.1. The first-order valence-electron chi connectivity index (χ1n) is 10.1. The molecule has 2 atom stereocenters. The number of aromatic nitrogens is 2. The van der Waals surface area contributed by atoms with Crippen LogP contribution in [0.3, 0.4) is 0 Å². The number of nitrogens with zero attached hydrogens (tertiary/aromatic N) is 3. The maximum Gasteiger partial charge on any atom is 0.257 e. The van der Waals surface area contributed by atoms with Crippen molar-refractivity contribution >= 4 is 17.3 Å². The summed E-state index contributed by atoms with van der Waals surface area (Å²) < 4.78 is 7.86. The number of hydrogen-bond donors (Lipinski definition) is 2. The van der Waals surface area contributed by atoms with Crippen LogP contribution in [-0.2, 0) is 9.53 Å². The Hall–Kier alpha value is -2.45. The molecule has 2 aliphatic rings. The molecule has 2 fully saturated rings. The monoisotopic (exact) mass is 400 g/mol. The van der Waals surface area contributed by atoms with Crippen molar-refractivity contribution in [2.75, 3.05) is 19.7 Å². The number of amides is 2. The smallest absolute Gasteiger partial charge is 0.257 e. The Labute approximate surface area is 169 Å². The molecule has 0 radical (unpaired) electrons. The summed E-state index contributed by atoms with van der Waals surface area (Å²) in [6.45, 7) is 6.56. The van der Waals surface area contributed by atoms with E-state index in [0.717, 1.165) is 11.1 Å². The minimum Gasteiger partial charge on any atom is -0.388 e. The molecule has 2 N–H and O–H groups in total. The van der Waals surface area contributed by atoms with Gasteiger partial charge in [0.15, 0.2) is 0 Å². The lowest BCUT2D eigenvalue weighted by Gasteiger charge is -2.51. The zero-order chi connectivity index (χ0) is 20.8. The second-order valence-electron chi connectivity index (χ2n) is 8.67. The number of carbonyl (C=O) groups is 2. The first kappa shape index (κ1) is 19.8. The maximum atomic E-state index is 13.1. The van der Waals surface area contributed by atoms with Crippen LogP contribution in [0.2, 0.25) is 0 Å². The second kappa shape index (κ2) is 7.11. The third-order valence-electron chi connectivity index (χ3n) is 6.22. The van der Waals surface area contributed by atoms with E-state index in [1.54, 1.807) is 17.6 Å². The highest BCUT2D eigenvalue weighted by Crippen LogP contribution is 2.40. The normalized spacial score (nSPS) is 26.6. The van der Waals surface area contributed by atoms with Gasteiger partial charge in [-0.3, -0.25) is 9.59 Å². The summed E-state index contributed by atoms with van der Waals surface area (Å²) in [5, 5.41) is 18.0. The number of fused-ring (bicyclic) bond motifs is 1. The molecular weight excluding hydrogens is 372 g/mol. The zero-order valence-electron chi connectivity index (χ0n) is 17.1. The van der Waals surface area contributed by atoms with Crippen molar-refractivity contribution in [2.45, 2.75) is 57.3 Å². The van der Waals surface area contributed by atoms with Crippen molar-refractivity contribution < 1.29 is 19.4 Å². The summed E-state index contributed by atoms with van der Waals surface area (Å²) in [4.78, 5) is 26.3. The van der Waals surface area contributed by atoms with Gasteiger partial charge in [0.05, 0.1) is 41.1 Å². The third kappa shape index (κ3) is 3.74. The number of aliphatic hydroxyl groups is 1. The fraction of sp³-hybridized carbons (Fsp3) is 0.571. The fourth-order valence-electron chi connectivity index (χ4n) is 4.57. The van der Waals surface area contributed by atoms with Crippen LogP contribution in [0.4, 0.5) is 0 Å². The Morgan fingerprint density at radius 2 is 2.03 bits per heavy atom. The van der Waals surface area contributed by atoms with Crippen molar-refractivity contribution in [3.05, 3.63) is 35.7 Å². The molecule has 8 heteroatoms. The van der Waals surface area contributed by atoms with Crippen LogP contribution in [0.1, 0.15) is 49.0 Å². The Balaban J connectivity index is 1.44. The number of rotatable bonds is 2. The van der Waals surface area contributed by atoms with Crippen molar-refractivity contribution in [3.8, 4) is 0 Å². The molecule has 0 bridgehead atoms. The summed E-state index contributed by atoms with van der Waals surface area (Å²) in [5.74, 6) is -0.212. The number of hydrogen-bond acceptors (Lipinski definition) is 5. The lowest BCUT2D eigenvalue weighted by molar-refractivity contribution is -0.187. The van der Waals surface area contributed by atoms with Crippen LogP contribution in [0, 0.1) is 6.92 Å². The Kier molecular flexibility index (Phi) is 4.86. The van der Waals surface area contributed by atoms with Gasteiger partial charge in [-0.25, -0.2) is 4.52 Å². The Morgan fingerprint density at radius 1 is 1.31 bits per heavy atom. The molecule has 0 unspecified atom stereocenters. The molecule has 4 heterocycles. The van der Waals surface area contributed by atoms with Crippen LogP contribution in [0.15, 0.2) is 24.5 Å². The molecule has 2 amide bonds. The summed E-state index contributed by atoms with van der Waals surface area (Å²) in [7, 11) is 0. The molecule has 0 aliphatic carbocycles. The van der Waals surface area contributed by atoms with Crippen molar-refractivity contribution in [3.63, 3.8) is 0 Å². The molecule has 29 heavy (non-hydrogen) atoms. The molecule has 0 saturated carbocycles. The van der Waals surface area contributed by atoms with E-state index in [1.165, 1.54) is 6.92 Å². The number of aryl methyl sites for hydroxylation is 1. The molecule has 2 aromatic rings. The molecule has 2 saturated heterocycles. The first-order valence-corrected chi connectivity index (χ1v) is 10.1. The molecule has 8 nitrogen and oxygen atoms in total. The van der Waals surface area contributed by atoms with Crippen LogP contribution >= 0.6 is 0 Å². The molecule has 4 rings (SSSR count). The number of carbonyl (C=O) groups excluding carboxylic acids is 2. The Morgan fingerprint density at radius 3 is 2.69 bits per heavy atom. The largest absolute Gasteiger partial charge is 0.388 e. The summed E-state index contributed by atoms with van der Waals surface area (Å²) in [5.41, 5.74) is 0.974. The average molecular weight is 400 g/mol. The van der Waals surface area contributed by atoms with Gasteiger partial charge in [-0.2, -0.15) is 5.10 Å². The SMILES string of the molecule is CC(=O)N[C@H]1COC2(CCN(C(=O)c3cnn4cc(C)ccc34)CC2)C[C@]1(C)O. The number of pyridine rings is 1. The predicted molar refractivity (Wildman–Crippen MR) is 107 cm³/mol. The quantitative estimate of drug-likeness (QED) is 0.792. The van der Waals surface area contributed by atoms with E-state index in [9.17, 15) is 14.7 Å². The average Bonchev–Trinajstić information content (AvgIpc) is 3.06. The van der Waals surface area contributed by atoms with Gasteiger partial charge in [-0.15, -0.1) is 0 Å². The van der Waals surface area contributed by atoms with Gasteiger partial charge in [0.25, 0.3) is 5.91 Å². The summed E-state index contributed by atoms with van der Waals surface area (Å²) >= 11 is 0. The molecule has 2 aromatic heterocycles. The van der Waals surface area contributed by atoms with Crippen LogP contribution in [0.5, 0.6) is 0 Å². The molecule has 1 spiro atoms. The number of nitrogens with one attached hydrogen (secondary N) is 1. The number of likely N-dealkylation sites (tertiary alicyclic amines) is 1. The van der Waals surface area contributed by atoms with E-state index in [1.807, 2.05) is 30.2 Å². The highest BCUT2D eigenvalue weighted by atomic mass is 16.5. The zero-order valence-corrected chi connectivity index (χ0v) is 17.1. The van der Waals surface area contributed by atoms with Gasteiger partial charge >= 0.3 is 0 Å². The Bertz CT molecular complexity index is 943. The van der Waals surface area contributed by atoms with Crippen LogP contribution in [-0.4, -0.2) is 68.4 Å². The lowest BCUT2D eigenvalue weighted by atomic mass is 9.75. The minimum atomic E-state index is -1.05. The highest BCUT2D eigenvalue weighted by Gasteiger charge is 2.49. The number of piperidine rings is 1. The van der Waals surface area contributed by atoms with Crippen molar-refractivity contribution in [2.24, 2.45) is 0 Å². The summed E-state index contributed by atoms with van der Waals surface area (Å²) in [6, 6.07) is 3.47. The number of ether oxygens (including phenoxy) is 1. The predicted octanol–water partition coefficient (Wildman–Crippen LogP) is 1.29. The van der Waals surface area contributed by atoms with Crippen LogP contribution < -0.4 is 5.32 Å².